The van der Waals surface area contributed by atoms with Gasteiger partial charge in [0.2, 0.25) is 0 Å². The Morgan fingerprint density at radius 1 is 1.42 bits per heavy atom. The van der Waals surface area contributed by atoms with Crippen LogP contribution in [0.4, 0.5) is 0 Å². The van der Waals surface area contributed by atoms with Crippen molar-refractivity contribution in [3.05, 3.63) is 35.4 Å². The van der Waals surface area contributed by atoms with Crippen LogP contribution < -0.4 is 9.44 Å². The molecule has 1 aliphatic rings. The van der Waals surface area contributed by atoms with Crippen LogP contribution in [0.3, 0.4) is 0 Å². The molecule has 106 valence electrons. The van der Waals surface area contributed by atoms with Crippen molar-refractivity contribution in [3.63, 3.8) is 0 Å². The van der Waals surface area contributed by atoms with E-state index in [1.807, 2.05) is 24.3 Å². The van der Waals surface area contributed by atoms with Gasteiger partial charge in [-0.15, -0.1) is 0 Å². The number of methoxy groups -OCH3 is 1. The fraction of sp³-hybridized carbons (Fsp3) is 0.500. The normalized spacial score (nSPS) is 22.4. The number of aliphatic hydroxyl groups excluding tert-OH is 1. The van der Waals surface area contributed by atoms with Crippen LogP contribution in [0.15, 0.2) is 24.3 Å². The van der Waals surface area contributed by atoms with Crippen molar-refractivity contribution in [2.75, 3.05) is 20.3 Å². The summed E-state index contributed by atoms with van der Waals surface area (Å²) in [6, 6.07) is 6.82. The summed E-state index contributed by atoms with van der Waals surface area (Å²) in [5.41, 5.74) is 1.80. The third-order valence-corrected chi connectivity index (χ3v) is 4.23. The number of nitrogens with one attached hydrogen (secondary N) is 2. The second kappa shape index (κ2) is 5.98. The standard InChI is InChI=1S/C12H18N2O4S/c1-18-7-6-13-19(16,17)14-12-10-5-3-2-4-9(10)8-11(12)15/h2-5,11-15H,6-8H2,1H3. The summed E-state index contributed by atoms with van der Waals surface area (Å²) in [5, 5.41) is 9.97. The molecule has 19 heavy (non-hydrogen) atoms. The lowest BCUT2D eigenvalue weighted by molar-refractivity contribution is 0.151. The molecule has 3 N–H and O–H groups in total. The molecule has 0 amide bonds. The van der Waals surface area contributed by atoms with Crippen molar-refractivity contribution in [2.24, 2.45) is 0 Å². The average molecular weight is 286 g/mol. The second-order valence-electron chi connectivity index (χ2n) is 4.46. The van der Waals surface area contributed by atoms with Gasteiger partial charge in [0.1, 0.15) is 0 Å². The third-order valence-electron chi connectivity index (χ3n) is 3.08. The van der Waals surface area contributed by atoms with E-state index in [4.69, 9.17) is 4.74 Å². The summed E-state index contributed by atoms with van der Waals surface area (Å²) in [6.45, 7) is 0.487. The topological polar surface area (TPSA) is 87.7 Å². The fourth-order valence-corrected chi connectivity index (χ4v) is 3.26. The lowest BCUT2D eigenvalue weighted by Gasteiger charge is -2.18. The first-order valence-corrected chi connectivity index (χ1v) is 7.53. The van der Waals surface area contributed by atoms with Crippen molar-refractivity contribution in [2.45, 2.75) is 18.6 Å². The van der Waals surface area contributed by atoms with Gasteiger partial charge in [-0.05, 0) is 11.1 Å². The molecular weight excluding hydrogens is 268 g/mol. The molecule has 2 atom stereocenters. The first kappa shape index (κ1) is 14.4. The van der Waals surface area contributed by atoms with Crippen molar-refractivity contribution in [1.82, 2.24) is 9.44 Å². The zero-order chi connectivity index (χ0) is 13.9. The molecule has 0 radical (unpaired) electrons. The minimum Gasteiger partial charge on any atom is -0.391 e. The van der Waals surface area contributed by atoms with Gasteiger partial charge in [0.05, 0.1) is 18.8 Å². The smallest absolute Gasteiger partial charge is 0.277 e. The Balaban J connectivity index is 2.07. The molecule has 2 rings (SSSR count). The van der Waals surface area contributed by atoms with Gasteiger partial charge in [0, 0.05) is 20.1 Å². The predicted molar refractivity (Wildman–Crippen MR) is 70.8 cm³/mol. The van der Waals surface area contributed by atoms with E-state index in [9.17, 15) is 13.5 Å². The second-order valence-corrected chi connectivity index (χ2v) is 5.99. The van der Waals surface area contributed by atoms with Gasteiger partial charge in [0.15, 0.2) is 0 Å². The van der Waals surface area contributed by atoms with Crippen LogP contribution in [-0.2, 0) is 21.4 Å². The highest BCUT2D eigenvalue weighted by molar-refractivity contribution is 7.87. The van der Waals surface area contributed by atoms with Crippen LogP contribution in [0, 0.1) is 0 Å². The van der Waals surface area contributed by atoms with Crippen LogP contribution in [0.25, 0.3) is 0 Å². The maximum atomic E-state index is 11.8. The molecule has 0 fully saturated rings. The fourth-order valence-electron chi connectivity index (χ4n) is 2.20. The predicted octanol–water partition coefficient (Wildman–Crippen LogP) is -0.285. The molecule has 7 heteroatoms. The van der Waals surface area contributed by atoms with Crippen LogP contribution >= 0.6 is 0 Å². The zero-order valence-corrected chi connectivity index (χ0v) is 11.5. The average Bonchev–Trinajstić information content (AvgIpc) is 2.66. The monoisotopic (exact) mass is 286 g/mol. The van der Waals surface area contributed by atoms with Gasteiger partial charge in [-0.2, -0.15) is 17.9 Å². The highest BCUT2D eigenvalue weighted by Crippen LogP contribution is 2.31. The Labute approximate surface area is 113 Å². The van der Waals surface area contributed by atoms with Gasteiger partial charge in [-0.25, -0.2) is 0 Å². The largest absolute Gasteiger partial charge is 0.391 e. The summed E-state index contributed by atoms with van der Waals surface area (Å²) in [6.07, 6.45) is -0.280. The van der Waals surface area contributed by atoms with Crippen LogP contribution in [-0.4, -0.2) is 39.9 Å². The SMILES string of the molecule is COCCNS(=O)(=O)NC1c2ccccc2CC1O. The Kier molecular flexibility index (Phi) is 4.54. The summed E-state index contributed by atoms with van der Waals surface area (Å²) < 4.78 is 33.3. The Hall–Kier alpha value is -0.990. The van der Waals surface area contributed by atoms with Gasteiger partial charge >= 0.3 is 0 Å². The van der Waals surface area contributed by atoms with E-state index in [1.54, 1.807) is 0 Å². The lowest BCUT2D eigenvalue weighted by Crippen LogP contribution is -2.42. The number of aliphatic hydroxyl groups is 1. The molecule has 0 aliphatic heterocycles. The van der Waals surface area contributed by atoms with E-state index in [1.165, 1.54) is 7.11 Å². The first-order chi connectivity index (χ1) is 9.03. The van der Waals surface area contributed by atoms with Gasteiger partial charge in [0.25, 0.3) is 10.2 Å². The molecule has 1 aromatic carbocycles. The lowest BCUT2D eigenvalue weighted by atomic mass is 10.1. The quantitative estimate of drug-likeness (QED) is 0.627. The van der Waals surface area contributed by atoms with E-state index in [0.717, 1.165) is 11.1 Å². The first-order valence-electron chi connectivity index (χ1n) is 6.05. The Morgan fingerprint density at radius 3 is 2.89 bits per heavy atom. The molecule has 0 aromatic heterocycles. The molecule has 0 saturated carbocycles. The maximum Gasteiger partial charge on any atom is 0.277 e. The highest BCUT2D eigenvalue weighted by atomic mass is 32.2. The van der Waals surface area contributed by atoms with E-state index < -0.39 is 22.4 Å². The molecule has 0 bridgehead atoms. The number of hydrogen-bond donors (Lipinski definition) is 3. The third kappa shape index (κ3) is 3.52. The molecule has 0 heterocycles. The maximum absolute atomic E-state index is 11.8. The molecular formula is C12H18N2O4S. The Bertz CT molecular complexity index is 532. The molecule has 0 spiro atoms. The molecule has 0 saturated heterocycles. The van der Waals surface area contributed by atoms with E-state index in [0.29, 0.717) is 13.0 Å². The van der Waals surface area contributed by atoms with Crippen molar-refractivity contribution in [3.8, 4) is 0 Å². The van der Waals surface area contributed by atoms with Crippen LogP contribution in [0.2, 0.25) is 0 Å². The molecule has 1 aromatic rings. The summed E-state index contributed by atoms with van der Waals surface area (Å²) in [7, 11) is -2.15. The minimum atomic E-state index is -3.65. The van der Waals surface area contributed by atoms with Gasteiger partial charge < -0.3 is 9.84 Å². The number of hydrogen-bond acceptors (Lipinski definition) is 4. The zero-order valence-electron chi connectivity index (χ0n) is 10.7. The van der Waals surface area contributed by atoms with Gasteiger partial charge in [-0.3, -0.25) is 0 Å². The summed E-state index contributed by atoms with van der Waals surface area (Å²) >= 11 is 0. The van der Waals surface area contributed by atoms with E-state index in [2.05, 4.69) is 9.44 Å². The number of rotatable bonds is 6. The van der Waals surface area contributed by atoms with E-state index >= 15 is 0 Å². The number of benzene rings is 1. The summed E-state index contributed by atoms with van der Waals surface area (Å²) in [5.74, 6) is 0. The van der Waals surface area contributed by atoms with Crippen LogP contribution in [0.5, 0.6) is 0 Å². The van der Waals surface area contributed by atoms with Crippen molar-refractivity contribution in [1.29, 1.82) is 0 Å². The molecule has 6 nitrogen and oxygen atoms in total. The Morgan fingerprint density at radius 2 is 2.16 bits per heavy atom. The molecule has 1 aliphatic carbocycles. The van der Waals surface area contributed by atoms with Crippen LogP contribution in [0.1, 0.15) is 17.2 Å². The summed E-state index contributed by atoms with van der Waals surface area (Å²) in [4.78, 5) is 0. The minimum absolute atomic E-state index is 0.191. The van der Waals surface area contributed by atoms with Gasteiger partial charge in [-0.1, -0.05) is 24.3 Å². The van der Waals surface area contributed by atoms with Crippen molar-refractivity contribution < 1.29 is 18.3 Å². The molecule has 2 unspecified atom stereocenters. The number of fused-ring (bicyclic) bond motifs is 1. The van der Waals surface area contributed by atoms with E-state index in [-0.39, 0.29) is 6.54 Å². The highest BCUT2D eigenvalue weighted by Gasteiger charge is 2.33. The number of ether oxygens (including phenoxy) is 1. The van der Waals surface area contributed by atoms with Crippen molar-refractivity contribution >= 4 is 10.2 Å².